The Bertz CT molecular complexity index is 78.9. The highest BCUT2D eigenvalue weighted by atomic mass is 14.9. The Kier molecular flexibility index (Phi) is 6.63. The van der Waals surface area contributed by atoms with Crippen molar-refractivity contribution in [1.82, 2.24) is 5.32 Å². The summed E-state index contributed by atoms with van der Waals surface area (Å²) in [4.78, 5) is 0. The topological polar surface area (TPSA) is 12.0 Å². The van der Waals surface area contributed by atoms with E-state index in [1.165, 1.54) is 12.8 Å². The summed E-state index contributed by atoms with van der Waals surface area (Å²) in [5.41, 5.74) is 0. The molecule has 1 nitrogen and oxygen atoms in total. The van der Waals surface area contributed by atoms with E-state index < -0.39 is 0 Å². The van der Waals surface area contributed by atoms with Crippen LogP contribution in [0.2, 0.25) is 0 Å². The number of rotatable bonds is 6. The molecule has 0 amide bonds. The van der Waals surface area contributed by atoms with Gasteiger partial charge in [-0.05, 0) is 18.8 Å². The fraction of sp³-hybridized carbons (Fsp3) is 0.900. The molecule has 0 aromatic heterocycles. The molecule has 0 spiro atoms. The van der Waals surface area contributed by atoms with Gasteiger partial charge in [-0.15, -0.1) is 0 Å². The molecular formula is C10H22N. The molecule has 0 aromatic rings. The average molecular weight is 156 g/mol. The van der Waals surface area contributed by atoms with Gasteiger partial charge in [0.15, 0.2) is 0 Å². The van der Waals surface area contributed by atoms with Gasteiger partial charge in [0.1, 0.15) is 0 Å². The van der Waals surface area contributed by atoms with E-state index in [1.54, 1.807) is 0 Å². The molecule has 67 valence electrons. The summed E-state index contributed by atoms with van der Waals surface area (Å²) in [6, 6.07) is 0.681. The molecule has 1 radical (unpaired) electrons. The summed E-state index contributed by atoms with van der Waals surface area (Å²) in [6.07, 6.45) is 3.68. The summed E-state index contributed by atoms with van der Waals surface area (Å²) in [5.74, 6) is 0.748. The van der Waals surface area contributed by atoms with Gasteiger partial charge in [0.25, 0.3) is 0 Å². The minimum Gasteiger partial charge on any atom is -0.309 e. The van der Waals surface area contributed by atoms with Crippen LogP contribution in [0, 0.1) is 12.5 Å². The van der Waals surface area contributed by atoms with Gasteiger partial charge in [0.05, 0.1) is 0 Å². The van der Waals surface area contributed by atoms with Crippen molar-refractivity contribution < 1.29 is 0 Å². The third-order valence-corrected chi connectivity index (χ3v) is 1.94. The van der Waals surface area contributed by atoms with Crippen LogP contribution < -0.4 is 5.32 Å². The maximum Gasteiger partial charge on any atom is 0.0221 e. The first kappa shape index (κ1) is 11.0. The van der Waals surface area contributed by atoms with Crippen LogP contribution in [0.3, 0.4) is 0 Å². The van der Waals surface area contributed by atoms with Crippen molar-refractivity contribution in [2.24, 2.45) is 5.92 Å². The summed E-state index contributed by atoms with van der Waals surface area (Å²) in [5, 5.41) is 3.44. The van der Waals surface area contributed by atoms with Crippen molar-refractivity contribution in [3.05, 3.63) is 6.54 Å². The Morgan fingerprint density at radius 1 is 1.27 bits per heavy atom. The molecule has 0 saturated heterocycles. The van der Waals surface area contributed by atoms with Crippen LogP contribution in [-0.2, 0) is 0 Å². The SMILES string of the molecule is CC[CH]NC(CCC)C(C)C. The highest BCUT2D eigenvalue weighted by molar-refractivity contribution is 4.73. The lowest BCUT2D eigenvalue weighted by Gasteiger charge is -2.21. The summed E-state index contributed by atoms with van der Waals surface area (Å²) in [6.45, 7) is 11.1. The van der Waals surface area contributed by atoms with Crippen LogP contribution in [0.25, 0.3) is 0 Å². The molecule has 0 rings (SSSR count). The molecule has 0 aliphatic heterocycles. The van der Waals surface area contributed by atoms with Gasteiger partial charge in [-0.25, -0.2) is 0 Å². The predicted molar refractivity (Wildman–Crippen MR) is 51.3 cm³/mol. The second-order valence-electron chi connectivity index (χ2n) is 3.42. The molecule has 0 aromatic carbocycles. The fourth-order valence-electron chi connectivity index (χ4n) is 1.19. The van der Waals surface area contributed by atoms with E-state index in [1.807, 2.05) is 0 Å². The van der Waals surface area contributed by atoms with Crippen molar-refractivity contribution in [3.63, 3.8) is 0 Å². The van der Waals surface area contributed by atoms with Crippen LogP contribution >= 0.6 is 0 Å². The van der Waals surface area contributed by atoms with Crippen LogP contribution in [0.4, 0.5) is 0 Å². The lowest BCUT2D eigenvalue weighted by atomic mass is 10.00. The van der Waals surface area contributed by atoms with E-state index in [9.17, 15) is 0 Å². The molecule has 11 heavy (non-hydrogen) atoms. The first-order valence-corrected chi connectivity index (χ1v) is 4.80. The zero-order valence-corrected chi connectivity index (χ0v) is 8.35. The Hall–Kier alpha value is -0.0400. The lowest BCUT2D eigenvalue weighted by Crippen LogP contribution is -2.31. The van der Waals surface area contributed by atoms with E-state index in [2.05, 4.69) is 39.6 Å². The third-order valence-electron chi connectivity index (χ3n) is 1.94. The molecule has 0 saturated carbocycles. The quantitative estimate of drug-likeness (QED) is 0.623. The molecule has 0 bridgehead atoms. The highest BCUT2D eigenvalue weighted by Gasteiger charge is 2.09. The molecule has 0 aliphatic carbocycles. The summed E-state index contributed by atoms with van der Waals surface area (Å²) < 4.78 is 0. The molecule has 1 heteroatoms. The van der Waals surface area contributed by atoms with Gasteiger partial charge in [-0.2, -0.15) is 0 Å². The van der Waals surface area contributed by atoms with Crippen LogP contribution in [0.5, 0.6) is 0 Å². The van der Waals surface area contributed by atoms with Gasteiger partial charge < -0.3 is 5.32 Å². The van der Waals surface area contributed by atoms with Crippen LogP contribution in [0.1, 0.15) is 47.0 Å². The zero-order chi connectivity index (χ0) is 8.69. The largest absolute Gasteiger partial charge is 0.309 e. The Labute approximate surface area is 71.6 Å². The van der Waals surface area contributed by atoms with Crippen LogP contribution in [-0.4, -0.2) is 6.04 Å². The second-order valence-corrected chi connectivity index (χ2v) is 3.42. The van der Waals surface area contributed by atoms with Gasteiger partial charge in [0, 0.05) is 12.6 Å². The average Bonchev–Trinajstić information content (AvgIpc) is 1.97. The van der Waals surface area contributed by atoms with E-state index in [0.717, 1.165) is 12.3 Å². The Morgan fingerprint density at radius 3 is 2.27 bits per heavy atom. The lowest BCUT2D eigenvalue weighted by molar-refractivity contribution is 0.396. The Morgan fingerprint density at radius 2 is 1.91 bits per heavy atom. The Balaban J connectivity index is 3.51. The zero-order valence-electron chi connectivity index (χ0n) is 8.35. The standard InChI is InChI=1S/C10H22N/c1-5-7-10(9(3)4)11-8-6-2/h8-11H,5-7H2,1-4H3. The maximum absolute atomic E-state index is 3.44. The van der Waals surface area contributed by atoms with Gasteiger partial charge in [-0.3, -0.25) is 0 Å². The minimum absolute atomic E-state index is 0.681. The predicted octanol–water partition coefficient (Wildman–Crippen LogP) is 2.97. The number of nitrogens with one attached hydrogen (secondary N) is 1. The van der Waals surface area contributed by atoms with E-state index in [-0.39, 0.29) is 0 Å². The monoisotopic (exact) mass is 156 g/mol. The smallest absolute Gasteiger partial charge is 0.0221 e. The summed E-state index contributed by atoms with van der Waals surface area (Å²) in [7, 11) is 0. The first-order valence-electron chi connectivity index (χ1n) is 4.80. The number of hydrogen-bond acceptors (Lipinski definition) is 1. The molecule has 1 atom stereocenters. The molecule has 0 heterocycles. The van der Waals surface area contributed by atoms with Crippen molar-refractivity contribution in [1.29, 1.82) is 0 Å². The van der Waals surface area contributed by atoms with E-state index >= 15 is 0 Å². The first-order chi connectivity index (χ1) is 5.22. The molecule has 1 unspecified atom stereocenters. The number of hydrogen-bond donors (Lipinski definition) is 1. The van der Waals surface area contributed by atoms with Crippen molar-refractivity contribution >= 4 is 0 Å². The fourth-order valence-corrected chi connectivity index (χ4v) is 1.19. The highest BCUT2D eigenvalue weighted by Crippen LogP contribution is 2.08. The maximum atomic E-state index is 3.44. The van der Waals surface area contributed by atoms with Gasteiger partial charge in [-0.1, -0.05) is 34.1 Å². The summed E-state index contributed by atoms with van der Waals surface area (Å²) >= 11 is 0. The molecule has 0 aliphatic rings. The van der Waals surface area contributed by atoms with Gasteiger partial charge in [0.2, 0.25) is 0 Å². The normalized spacial score (nSPS) is 13.9. The van der Waals surface area contributed by atoms with E-state index in [4.69, 9.17) is 0 Å². The molecule has 1 N–H and O–H groups in total. The molecule has 0 fully saturated rings. The van der Waals surface area contributed by atoms with Crippen molar-refractivity contribution in [2.75, 3.05) is 0 Å². The van der Waals surface area contributed by atoms with Gasteiger partial charge >= 0.3 is 0 Å². The van der Waals surface area contributed by atoms with Crippen LogP contribution in [0.15, 0.2) is 0 Å². The molecular weight excluding hydrogens is 134 g/mol. The van der Waals surface area contributed by atoms with Crippen molar-refractivity contribution in [3.8, 4) is 0 Å². The minimum atomic E-state index is 0.681. The second kappa shape index (κ2) is 6.66. The van der Waals surface area contributed by atoms with E-state index in [0.29, 0.717) is 6.04 Å². The van der Waals surface area contributed by atoms with Crippen molar-refractivity contribution in [2.45, 2.75) is 53.0 Å². The third kappa shape index (κ3) is 5.25.